The van der Waals surface area contributed by atoms with Crippen molar-refractivity contribution in [3.63, 3.8) is 0 Å². The van der Waals surface area contributed by atoms with E-state index < -0.39 is 10.0 Å². The van der Waals surface area contributed by atoms with Crippen molar-refractivity contribution >= 4 is 27.5 Å². The molecule has 3 rings (SSSR count). The van der Waals surface area contributed by atoms with Gasteiger partial charge in [0, 0.05) is 72.1 Å². The van der Waals surface area contributed by atoms with Crippen molar-refractivity contribution < 1.29 is 18.0 Å². The highest BCUT2D eigenvalue weighted by Crippen LogP contribution is 2.29. The summed E-state index contributed by atoms with van der Waals surface area (Å²) >= 11 is 0. The summed E-state index contributed by atoms with van der Waals surface area (Å²) in [7, 11) is -0.666. The van der Waals surface area contributed by atoms with Crippen molar-refractivity contribution in [2.75, 3.05) is 77.9 Å². The van der Waals surface area contributed by atoms with Crippen molar-refractivity contribution in [2.24, 2.45) is 0 Å². The monoisotopic (exact) mass is 479 g/mol. The zero-order valence-electron chi connectivity index (χ0n) is 20.3. The van der Waals surface area contributed by atoms with E-state index in [2.05, 4.69) is 9.80 Å². The maximum atomic E-state index is 13.6. The Bertz CT molecular complexity index is 948. The molecule has 2 aliphatic rings. The molecule has 0 bridgehead atoms. The Labute approximate surface area is 198 Å². The van der Waals surface area contributed by atoms with Gasteiger partial charge in [0.25, 0.3) is 5.91 Å². The molecule has 0 N–H and O–H groups in total. The number of anilines is 1. The van der Waals surface area contributed by atoms with Gasteiger partial charge >= 0.3 is 0 Å². The van der Waals surface area contributed by atoms with Gasteiger partial charge < -0.3 is 14.7 Å². The van der Waals surface area contributed by atoms with E-state index in [1.54, 1.807) is 17.0 Å². The lowest BCUT2D eigenvalue weighted by molar-refractivity contribution is -0.132. The number of hydrogen-bond acceptors (Lipinski definition) is 6. The predicted molar refractivity (Wildman–Crippen MR) is 129 cm³/mol. The molecule has 0 atom stereocenters. The van der Waals surface area contributed by atoms with Crippen molar-refractivity contribution in [2.45, 2.75) is 31.6 Å². The van der Waals surface area contributed by atoms with Crippen LogP contribution in [0.1, 0.15) is 37.0 Å². The molecule has 1 aromatic rings. The van der Waals surface area contributed by atoms with Gasteiger partial charge in [-0.05, 0) is 44.9 Å². The van der Waals surface area contributed by atoms with Gasteiger partial charge in [-0.1, -0.05) is 0 Å². The first-order valence-electron chi connectivity index (χ1n) is 11.8. The van der Waals surface area contributed by atoms with E-state index >= 15 is 0 Å². The lowest BCUT2D eigenvalue weighted by atomic mass is 10.1. The number of benzene rings is 1. The summed E-state index contributed by atoms with van der Waals surface area (Å²) in [6.45, 7) is 9.67. The van der Waals surface area contributed by atoms with Crippen LogP contribution in [0.5, 0.6) is 0 Å². The van der Waals surface area contributed by atoms with E-state index in [9.17, 15) is 18.0 Å². The largest absolute Gasteiger partial charge is 0.371 e. The number of likely N-dealkylation sites (N-methyl/N-ethyl adjacent to an activating group) is 1. The van der Waals surface area contributed by atoms with Crippen molar-refractivity contribution in [3.05, 3.63) is 23.8 Å². The zero-order valence-corrected chi connectivity index (χ0v) is 21.1. The maximum absolute atomic E-state index is 13.6. The van der Waals surface area contributed by atoms with Crippen LogP contribution in [-0.4, -0.2) is 112 Å². The number of hydrogen-bond donors (Lipinski definition) is 0. The average Bonchev–Trinajstić information content (AvgIpc) is 3.34. The predicted octanol–water partition coefficient (Wildman–Crippen LogP) is 1.16. The summed E-state index contributed by atoms with van der Waals surface area (Å²) < 4.78 is 26.6. The van der Waals surface area contributed by atoms with Crippen molar-refractivity contribution in [1.29, 1.82) is 0 Å². The topological polar surface area (TPSA) is 84.5 Å². The van der Waals surface area contributed by atoms with E-state index in [4.69, 9.17) is 0 Å². The van der Waals surface area contributed by atoms with Crippen LogP contribution in [0.4, 0.5) is 5.69 Å². The van der Waals surface area contributed by atoms with E-state index in [-0.39, 0.29) is 16.7 Å². The van der Waals surface area contributed by atoms with Gasteiger partial charge in [0.15, 0.2) is 0 Å². The number of carbonyl (C=O) groups excluding carboxylic acids is 2. The van der Waals surface area contributed by atoms with Crippen LogP contribution >= 0.6 is 0 Å². The number of rotatable bonds is 8. The van der Waals surface area contributed by atoms with Gasteiger partial charge in [-0.2, -0.15) is 0 Å². The molecule has 0 spiro atoms. The molecule has 184 valence electrons. The van der Waals surface area contributed by atoms with Crippen LogP contribution in [0.15, 0.2) is 23.1 Å². The standard InChI is InChI=1S/C23H37N5O4S/c1-5-26(6-2)22(29)18-25-13-15-28(16-14-25)23(30)20-17-19(33(31,32)24(3)4)9-10-21(20)27-11-7-8-12-27/h9-10,17H,5-8,11-16,18H2,1-4H3. The summed E-state index contributed by atoms with van der Waals surface area (Å²) in [6, 6.07) is 4.89. The highest BCUT2D eigenvalue weighted by atomic mass is 32.2. The van der Waals surface area contributed by atoms with E-state index in [1.807, 2.05) is 18.7 Å². The molecule has 2 aliphatic heterocycles. The second-order valence-corrected chi connectivity index (χ2v) is 10.9. The minimum Gasteiger partial charge on any atom is -0.371 e. The van der Waals surface area contributed by atoms with Gasteiger partial charge in [0.2, 0.25) is 15.9 Å². The molecule has 0 radical (unpaired) electrons. The smallest absolute Gasteiger partial charge is 0.256 e. The molecule has 2 heterocycles. The van der Waals surface area contributed by atoms with Crippen LogP contribution < -0.4 is 4.90 Å². The first kappa shape index (κ1) is 25.5. The summed E-state index contributed by atoms with van der Waals surface area (Å²) in [5.41, 5.74) is 1.24. The number of carbonyl (C=O) groups is 2. The molecule has 2 amide bonds. The summed E-state index contributed by atoms with van der Waals surface area (Å²) in [4.78, 5) is 33.9. The summed E-state index contributed by atoms with van der Waals surface area (Å²) in [6.07, 6.45) is 2.12. The summed E-state index contributed by atoms with van der Waals surface area (Å²) in [5, 5.41) is 0. The highest BCUT2D eigenvalue weighted by molar-refractivity contribution is 7.89. The summed E-state index contributed by atoms with van der Waals surface area (Å²) in [5.74, 6) is -0.0416. The minimum absolute atomic E-state index is 0.109. The van der Waals surface area contributed by atoms with Crippen LogP contribution in [0.2, 0.25) is 0 Å². The number of sulfonamides is 1. The molecule has 2 saturated heterocycles. The molecule has 9 nitrogen and oxygen atoms in total. The highest BCUT2D eigenvalue weighted by Gasteiger charge is 2.29. The third-order valence-corrected chi connectivity index (χ3v) is 8.37. The SMILES string of the molecule is CCN(CC)C(=O)CN1CCN(C(=O)c2cc(S(=O)(=O)N(C)C)ccc2N2CCCC2)CC1. The fraction of sp³-hybridized carbons (Fsp3) is 0.652. The fourth-order valence-electron chi connectivity index (χ4n) is 4.44. The third kappa shape index (κ3) is 5.67. The van der Waals surface area contributed by atoms with Crippen LogP contribution in [0, 0.1) is 0 Å². The van der Waals surface area contributed by atoms with Gasteiger partial charge in [0.1, 0.15) is 0 Å². The molecule has 0 aromatic heterocycles. The van der Waals surface area contributed by atoms with Gasteiger partial charge in [0.05, 0.1) is 17.0 Å². The van der Waals surface area contributed by atoms with Crippen LogP contribution in [-0.2, 0) is 14.8 Å². The third-order valence-electron chi connectivity index (χ3n) is 6.56. The molecule has 2 fully saturated rings. The van der Waals surface area contributed by atoms with Gasteiger partial charge in [-0.3, -0.25) is 14.5 Å². The number of piperazine rings is 1. The number of nitrogens with zero attached hydrogens (tertiary/aromatic N) is 5. The average molecular weight is 480 g/mol. The second-order valence-electron chi connectivity index (χ2n) is 8.79. The van der Waals surface area contributed by atoms with E-state index in [0.717, 1.165) is 35.9 Å². The van der Waals surface area contributed by atoms with E-state index in [0.29, 0.717) is 51.4 Å². The minimum atomic E-state index is -3.65. The lowest BCUT2D eigenvalue weighted by Gasteiger charge is -2.36. The molecule has 0 aliphatic carbocycles. The Hall–Kier alpha value is -2.17. The molecular formula is C23H37N5O4S. The Balaban J connectivity index is 1.78. The van der Waals surface area contributed by atoms with Crippen molar-refractivity contribution in [3.8, 4) is 0 Å². The van der Waals surface area contributed by atoms with Gasteiger partial charge in [-0.15, -0.1) is 0 Å². The fourth-order valence-corrected chi connectivity index (χ4v) is 5.37. The van der Waals surface area contributed by atoms with Crippen LogP contribution in [0.3, 0.4) is 0 Å². The van der Waals surface area contributed by atoms with E-state index in [1.165, 1.54) is 20.2 Å². The maximum Gasteiger partial charge on any atom is 0.256 e. The first-order chi connectivity index (χ1) is 15.7. The Morgan fingerprint density at radius 1 is 0.939 bits per heavy atom. The Kier molecular flexibility index (Phi) is 8.36. The number of amides is 2. The molecule has 1 aromatic carbocycles. The Morgan fingerprint density at radius 2 is 1.55 bits per heavy atom. The molecule has 0 saturated carbocycles. The zero-order chi connectivity index (χ0) is 24.2. The van der Waals surface area contributed by atoms with Gasteiger partial charge in [-0.25, -0.2) is 12.7 Å². The second kappa shape index (κ2) is 10.8. The molecular weight excluding hydrogens is 442 g/mol. The molecule has 33 heavy (non-hydrogen) atoms. The lowest BCUT2D eigenvalue weighted by Crippen LogP contribution is -2.51. The molecule has 10 heteroatoms. The Morgan fingerprint density at radius 3 is 2.09 bits per heavy atom. The molecule has 0 unspecified atom stereocenters. The first-order valence-corrected chi connectivity index (χ1v) is 13.2. The normalized spacial score (nSPS) is 17.6. The van der Waals surface area contributed by atoms with Crippen molar-refractivity contribution in [1.82, 2.24) is 19.0 Å². The van der Waals surface area contributed by atoms with Crippen LogP contribution in [0.25, 0.3) is 0 Å². The quantitative estimate of drug-likeness (QED) is 0.557.